The first-order chi connectivity index (χ1) is 12.0. The number of aliphatic hydroxyl groups excluding tert-OH is 1. The summed E-state index contributed by atoms with van der Waals surface area (Å²) in [6.45, 7) is 1.78. The van der Waals surface area contributed by atoms with E-state index in [1.54, 1.807) is 0 Å². The van der Waals surface area contributed by atoms with Crippen LogP contribution in [0.5, 0.6) is 0 Å². The molecule has 0 aliphatic rings. The van der Waals surface area contributed by atoms with E-state index in [1.807, 2.05) is 67.7 Å². The van der Waals surface area contributed by atoms with Crippen molar-refractivity contribution >= 4 is 16.8 Å². The summed E-state index contributed by atoms with van der Waals surface area (Å²) >= 11 is 0. The Balaban J connectivity index is 1.93. The number of primary amides is 1. The van der Waals surface area contributed by atoms with Crippen LogP contribution in [-0.2, 0) is 17.6 Å². The SMILES string of the molecule is CC(Cc1c[nH]c2ccccc12)(C(N)=O)C(CO)Cc1ccccc1. The van der Waals surface area contributed by atoms with Crippen LogP contribution in [0.25, 0.3) is 10.9 Å². The standard InChI is InChI=1S/C21H24N2O2/c1-21(20(22)25,17(14-24)11-15-7-3-2-4-8-15)12-16-13-23-19-10-6-5-9-18(16)19/h2-10,13,17,23-24H,11-12,14H2,1H3,(H2,22,25). The number of para-hydroxylation sites is 1. The highest BCUT2D eigenvalue weighted by atomic mass is 16.3. The van der Waals surface area contributed by atoms with Crippen LogP contribution >= 0.6 is 0 Å². The molecule has 0 radical (unpaired) electrons. The zero-order chi connectivity index (χ0) is 17.9. The third-order valence-electron chi connectivity index (χ3n) is 5.24. The van der Waals surface area contributed by atoms with Crippen molar-refractivity contribution in [1.29, 1.82) is 0 Å². The summed E-state index contributed by atoms with van der Waals surface area (Å²) in [5.74, 6) is -0.631. The number of H-pyrrole nitrogens is 1. The van der Waals surface area contributed by atoms with Crippen LogP contribution in [0.1, 0.15) is 18.1 Å². The van der Waals surface area contributed by atoms with Crippen LogP contribution < -0.4 is 5.73 Å². The molecule has 0 saturated carbocycles. The van der Waals surface area contributed by atoms with E-state index in [2.05, 4.69) is 4.98 Å². The molecule has 0 bridgehead atoms. The Bertz CT molecular complexity index is 856. The van der Waals surface area contributed by atoms with Crippen molar-refractivity contribution in [2.45, 2.75) is 19.8 Å². The number of fused-ring (bicyclic) bond motifs is 1. The molecule has 0 aliphatic carbocycles. The number of hydrogen-bond acceptors (Lipinski definition) is 2. The lowest BCUT2D eigenvalue weighted by Crippen LogP contribution is -2.45. The van der Waals surface area contributed by atoms with Crippen molar-refractivity contribution in [3.05, 3.63) is 71.9 Å². The lowest BCUT2D eigenvalue weighted by molar-refractivity contribution is -0.130. The molecule has 2 unspecified atom stereocenters. The number of nitrogens with one attached hydrogen (secondary N) is 1. The van der Waals surface area contributed by atoms with Gasteiger partial charge in [-0.3, -0.25) is 4.79 Å². The summed E-state index contributed by atoms with van der Waals surface area (Å²) in [5, 5.41) is 11.1. The minimum absolute atomic E-state index is 0.0866. The number of aromatic amines is 1. The largest absolute Gasteiger partial charge is 0.396 e. The molecule has 3 aromatic rings. The second-order valence-electron chi connectivity index (χ2n) is 6.89. The lowest BCUT2D eigenvalue weighted by atomic mass is 9.70. The van der Waals surface area contributed by atoms with Gasteiger partial charge in [0.25, 0.3) is 0 Å². The fraction of sp³-hybridized carbons (Fsp3) is 0.286. The second-order valence-corrected chi connectivity index (χ2v) is 6.89. The van der Waals surface area contributed by atoms with Crippen LogP contribution in [0.2, 0.25) is 0 Å². The molecule has 130 valence electrons. The molecule has 1 aromatic heterocycles. The molecule has 0 aliphatic heterocycles. The summed E-state index contributed by atoms with van der Waals surface area (Å²) in [7, 11) is 0. The lowest BCUT2D eigenvalue weighted by Gasteiger charge is -2.34. The molecule has 1 heterocycles. The van der Waals surface area contributed by atoms with Gasteiger partial charge in [-0.2, -0.15) is 0 Å². The molecule has 4 N–H and O–H groups in total. The van der Waals surface area contributed by atoms with E-state index in [1.165, 1.54) is 0 Å². The van der Waals surface area contributed by atoms with Crippen molar-refractivity contribution < 1.29 is 9.90 Å². The van der Waals surface area contributed by atoms with Gasteiger partial charge in [0.2, 0.25) is 5.91 Å². The van der Waals surface area contributed by atoms with Gasteiger partial charge in [0, 0.05) is 29.6 Å². The van der Waals surface area contributed by atoms with E-state index >= 15 is 0 Å². The van der Waals surface area contributed by atoms with Crippen molar-refractivity contribution in [2.24, 2.45) is 17.1 Å². The molecule has 2 atom stereocenters. The van der Waals surface area contributed by atoms with Gasteiger partial charge >= 0.3 is 0 Å². The molecule has 25 heavy (non-hydrogen) atoms. The van der Waals surface area contributed by atoms with Gasteiger partial charge in [0.05, 0.1) is 5.41 Å². The zero-order valence-electron chi connectivity index (χ0n) is 14.4. The molecule has 2 aromatic carbocycles. The summed E-state index contributed by atoms with van der Waals surface area (Å²) in [5.41, 5.74) is 8.13. The minimum atomic E-state index is -0.838. The third kappa shape index (κ3) is 3.44. The Hall–Kier alpha value is -2.59. The molecular formula is C21H24N2O2. The average Bonchev–Trinajstić information content (AvgIpc) is 3.03. The van der Waals surface area contributed by atoms with Gasteiger partial charge in [-0.25, -0.2) is 0 Å². The Morgan fingerprint density at radius 1 is 1.16 bits per heavy atom. The van der Waals surface area contributed by atoms with Crippen LogP contribution in [0, 0.1) is 11.3 Å². The van der Waals surface area contributed by atoms with Gasteiger partial charge in [0.15, 0.2) is 0 Å². The second kappa shape index (κ2) is 7.11. The molecule has 0 spiro atoms. The first-order valence-electron chi connectivity index (χ1n) is 8.54. The minimum Gasteiger partial charge on any atom is -0.396 e. The van der Waals surface area contributed by atoms with E-state index in [0.29, 0.717) is 12.8 Å². The monoisotopic (exact) mass is 336 g/mol. The molecule has 3 rings (SSSR count). The number of rotatable bonds is 7. The van der Waals surface area contributed by atoms with Crippen LogP contribution in [0.3, 0.4) is 0 Å². The van der Waals surface area contributed by atoms with Gasteiger partial charge in [-0.1, -0.05) is 55.5 Å². The highest BCUT2D eigenvalue weighted by molar-refractivity contribution is 5.86. The maximum absolute atomic E-state index is 12.4. The van der Waals surface area contributed by atoms with Gasteiger partial charge in [0.1, 0.15) is 0 Å². The summed E-state index contributed by atoms with van der Waals surface area (Å²) in [4.78, 5) is 15.6. The fourth-order valence-corrected chi connectivity index (χ4v) is 3.50. The topological polar surface area (TPSA) is 79.1 Å². The smallest absolute Gasteiger partial charge is 0.224 e. The molecule has 0 fully saturated rings. The number of benzene rings is 2. The molecule has 0 saturated heterocycles. The van der Waals surface area contributed by atoms with Crippen molar-refractivity contribution in [2.75, 3.05) is 6.61 Å². The third-order valence-corrected chi connectivity index (χ3v) is 5.24. The first kappa shape index (κ1) is 17.2. The van der Waals surface area contributed by atoms with E-state index in [0.717, 1.165) is 22.0 Å². The van der Waals surface area contributed by atoms with Crippen molar-refractivity contribution in [3.8, 4) is 0 Å². The fourth-order valence-electron chi connectivity index (χ4n) is 3.50. The van der Waals surface area contributed by atoms with E-state index in [4.69, 9.17) is 5.73 Å². The van der Waals surface area contributed by atoms with Crippen molar-refractivity contribution in [3.63, 3.8) is 0 Å². The maximum atomic E-state index is 12.4. The number of hydrogen-bond donors (Lipinski definition) is 3. The Morgan fingerprint density at radius 3 is 2.52 bits per heavy atom. The number of carbonyl (C=O) groups is 1. The van der Waals surface area contributed by atoms with E-state index in [-0.39, 0.29) is 18.4 Å². The van der Waals surface area contributed by atoms with Crippen LogP contribution in [0.4, 0.5) is 0 Å². The highest BCUT2D eigenvalue weighted by Gasteiger charge is 2.40. The van der Waals surface area contributed by atoms with Crippen LogP contribution in [0.15, 0.2) is 60.8 Å². The van der Waals surface area contributed by atoms with Gasteiger partial charge < -0.3 is 15.8 Å². The molecule has 4 nitrogen and oxygen atoms in total. The number of aromatic nitrogens is 1. The zero-order valence-corrected chi connectivity index (χ0v) is 14.4. The van der Waals surface area contributed by atoms with Gasteiger partial charge in [-0.15, -0.1) is 0 Å². The molecule has 4 heteroatoms. The highest BCUT2D eigenvalue weighted by Crippen LogP contribution is 2.35. The summed E-state index contributed by atoms with van der Waals surface area (Å²) < 4.78 is 0. The molecular weight excluding hydrogens is 312 g/mol. The maximum Gasteiger partial charge on any atom is 0.224 e. The Labute approximate surface area is 147 Å². The predicted molar refractivity (Wildman–Crippen MR) is 100 cm³/mol. The van der Waals surface area contributed by atoms with Crippen LogP contribution in [-0.4, -0.2) is 22.6 Å². The first-order valence-corrected chi connectivity index (χ1v) is 8.54. The number of amides is 1. The Kier molecular flexibility index (Phi) is 4.91. The Morgan fingerprint density at radius 2 is 1.84 bits per heavy atom. The quantitative estimate of drug-likeness (QED) is 0.620. The normalized spacial score (nSPS) is 15.0. The van der Waals surface area contributed by atoms with Gasteiger partial charge in [-0.05, 0) is 30.0 Å². The average molecular weight is 336 g/mol. The predicted octanol–water partition coefficient (Wildman–Crippen LogP) is 3.05. The summed E-state index contributed by atoms with van der Waals surface area (Å²) in [6, 6.07) is 17.9. The number of nitrogens with two attached hydrogens (primary N) is 1. The number of carbonyl (C=O) groups excluding carboxylic acids is 1. The molecule has 1 amide bonds. The number of aliphatic hydroxyl groups is 1. The van der Waals surface area contributed by atoms with Crippen molar-refractivity contribution in [1.82, 2.24) is 4.98 Å². The van der Waals surface area contributed by atoms with E-state index < -0.39 is 5.41 Å². The van der Waals surface area contributed by atoms with E-state index in [9.17, 15) is 9.90 Å². The summed E-state index contributed by atoms with van der Waals surface area (Å²) in [6.07, 6.45) is 3.03.